The number of hydrogen-bond donors (Lipinski definition) is 4. The second-order valence-corrected chi connectivity index (χ2v) is 6.79. The van der Waals surface area contributed by atoms with Crippen LogP contribution in [-0.4, -0.2) is 27.2 Å². The molecule has 21 heavy (non-hydrogen) atoms. The molecule has 0 bridgehead atoms. The van der Waals surface area contributed by atoms with E-state index >= 15 is 0 Å². The maximum atomic E-state index is 10.7. The van der Waals surface area contributed by atoms with Crippen molar-refractivity contribution in [3.05, 3.63) is 11.9 Å². The third-order valence-electron chi connectivity index (χ3n) is 4.37. The summed E-state index contributed by atoms with van der Waals surface area (Å²) in [6, 6.07) is 1.76. The zero-order valence-electron chi connectivity index (χ0n) is 13.2. The SMILES string of the molecule is CCc1nc(NN)cc(NCC2(O)CCC(C)(C)CC2)n1. The number of hydrogen-bond acceptors (Lipinski definition) is 6. The summed E-state index contributed by atoms with van der Waals surface area (Å²) in [5, 5.41) is 13.9. The molecule has 1 fully saturated rings. The number of rotatable bonds is 5. The zero-order chi connectivity index (χ0) is 15.5. The van der Waals surface area contributed by atoms with Crippen molar-refractivity contribution in [3.8, 4) is 0 Å². The molecule has 1 aromatic rings. The van der Waals surface area contributed by atoms with Gasteiger partial charge in [-0.25, -0.2) is 15.8 Å². The first kappa shape index (κ1) is 16.0. The molecule has 1 aliphatic carbocycles. The number of nitrogens with two attached hydrogens (primary N) is 1. The fourth-order valence-electron chi connectivity index (χ4n) is 2.64. The van der Waals surface area contributed by atoms with E-state index < -0.39 is 5.60 Å². The van der Waals surface area contributed by atoms with Gasteiger partial charge < -0.3 is 15.8 Å². The van der Waals surface area contributed by atoms with E-state index in [2.05, 4.69) is 34.6 Å². The number of aryl methyl sites for hydroxylation is 1. The number of nitrogens with zero attached hydrogens (tertiary/aromatic N) is 2. The van der Waals surface area contributed by atoms with E-state index in [0.717, 1.165) is 37.9 Å². The van der Waals surface area contributed by atoms with Crippen molar-refractivity contribution >= 4 is 11.6 Å². The van der Waals surface area contributed by atoms with Gasteiger partial charge in [0.25, 0.3) is 0 Å². The van der Waals surface area contributed by atoms with Gasteiger partial charge in [0.15, 0.2) is 0 Å². The Kier molecular flexibility index (Phi) is 4.68. The standard InChI is InChI=1S/C15H27N5O/c1-4-11-18-12(9-13(19-11)20-16)17-10-15(21)7-5-14(2,3)6-8-15/h9,21H,4-8,10,16H2,1-3H3,(H2,17,18,19,20). The van der Waals surface area contributed by atoms with Gasteiger partial charge in [-0.3, -0.25) is 0 Å². The highest BCUT2D eigenvalue weighted by atomic mass is 16.3. The second kappa shape index (κ2) is 6.15. The van der Waals surface area contributed by atoms with Crippen LogP contribution in [-0.2, 0) is 6.42 Å². The lowest BCUT2D eigenvalue weighted by Crippen LogP contribution is -2.42. The van der Waals surface area contributed by atoms with Gasteiger partial charge in [0.2, 0.25) is 0 Å². The lowest BCUT2D eigenvalue weighted by Gasteiger charge is -2.40. The fourth-order valence-corrected chi connectivity index (χ4v) is 2.64. The van der Waals surface area contributed by atoms with E-state index in [1.54, 1.807) is 6.07 Å². The third kappa shape index (κ3) is 4.28. The van der Waals surface area contributed by atoms with Crippen LogP contribution in [0.25, 0.3) is 0 Å². The van der Waals surface area contributed by atoms with Gasteiger partial charge >= 0.3 is 0 Å². The number of hydrazine groups is 1. The Bertz CT molecular complexity index is 457. The predicted molar refractivity (Wildman–Crippen MR) is 84.9 cm³/mol. The normalized spacial score (nSPS) is 20.0. The fraction of sp³-hybridized carbons (Fsp3) is 0.733. The Morgan fingerprint density at radius 2 is 1.81 bits per heavy atom. The number of aromatic nitrogens is 2. The van der Waals surface area contributed by atoms with Gasteiger partial charge in [0, 0.05) is 19.0 Å². The lowest BCUT2D eigenvalue weighted by molar-refractivity contribution is -0.0145. The molecule has 1 saturated carbocycles. The Hall–Kier alpha value is -1.40. The Balaban J connectivity index is 1.99. The van der Waals surface area contributed by atoms with Crippen LogP contribution in [0.2, 0.25) is 0 Å². The molecule has 0 spiro atoms. The molecule has 2 rings (SSSR count). The first-order valence-electron chi connectivity index (χ1n) is 7.67. The summed E-state index contributed by atoms with van der Waals surface area (Å²) in [5.41, 5.74) is 2.24. The highest BCUT2D eigenvalue weighted by molar-refractivity contribution is 5.47. The summed E-state index contributed by atoms with van der Waals surface area (Å²) in [4.78, 5) is 8.67. The number of aliphatic hydroxyl groups is 1. The molecule has 0 unspecified atom stereocenters. The third-order valence-corrected chi connectivity index (χ3v) is 4.37. The first-order chi connectivity index (χ1) is 9.86. The molecule has 0 radical (unpaired) electrons. The van der Waals surface area contributed by atoms with Crippen LogP contribution in [0.15, 0.2) is 6.07 Å². The number of nitrogen functional groups attached to an aromatic ring is 1. The Morgan fingerprint density at radius 3 is 2.38 bits per heavy atom. The summed E-state index contributed by atoms with van der Waals surface area (Å²) in [5.74, 6) is 7.43. The summed E-state index contributed by atoms with van der Waals surface area (Å²) in [6.07, 6.45) is 4.47. The predicted octanol–water partition coefficient (Wildman–Crippen LogP) is 2.07. The van der Waals surface area contributed by atoms with Crippen LogP contribution in [0, 0.1) is 5.41 Å². The molecule has 0 atom stereocenters. The summed E-state index contributed by atoms with van der Waals surface area (Å²) in [7, 11) is 0. The van der Waals surface area contributed by atoms with Crippen molar-refractivity contribution in [3.63, 3.8) is 0 Å². The van der Waals surface area contributed by atoms with Crippen molar-refractivity contribution in [2.75, 3.05) is 17.3 Å². The average molecular weight is 293 g/mol. The largest absolute Gasteiger partial charge is 0.388 e. The molecular formula is C15H27N5O. The minimum atomic E-state index is -0.650. The summed E-state index contributed by atoms with van der Waals surface area (Å²) in [6.45, 7) is 7.03. The highest BCUT2D eigenvalue weighted by Crippen LogP contribution is 2.40. The van der Waals surface area contributed by atoms with Gasteiger partial charge in [-0.05, 0) is 31.1 Å². The maximum absolute atomic E-state index is 10.7. The number of nitrogens with one attached hydrogen (secondary N) is 2. The van der Waals surface area contributed by atoms with E-state index in [9.17, 15) is 5.11 Å². The van der Waals surface area contributed by atoms with Gasteiger partial charge in [-0.1, -0.05) is 20.8 Å². The van der Waals surface area contributed by atoms with Gasteiger partial charge in [0.05, 0.1) is 5.60 Å². The molecule has 0 aliphatic heterocycles. The molecular weight excluding hydrogens is 266 g/mol. The number of anilines is 2. The molecule has 0 saturated heterocycles. The average Bonchev–Trinajstić information content (AvgIpc) is 2.48. The summed E-state index contributed by atoms with van der Waals surface area (Å²) >= 11 is 0. The second-order valence-electron chi connectivity index (χ2n) is 6.79. The van der Waals surface area contributed by atoms with Crippen molar-refractivity contribution in [1.29, 1.82) is 0 Å². The molecule has 6 heteroatoms. The molecule has 5 N–H and O–H groups in total. The topological polar surface area (TPSA) is 96.1 Å². The van der Waals surface area contributed by atoms with E-state index in [0.29, 0.717) is 23.6 Å². The van der Waals surface area contributed by atoms with Crippen LogP contribution >= 0.6 is 0 Å². The smallest absolute Gasteiger partial charge is 0.145 e. The van der Waals surface area contributed by atoms with E-state index in [-0.39, 0.29) is 0 Å². The summed E-state index contributed by atoms with van der Waals surface area (Å²) < 4.78 is 0. The Labute approximate surface area is 126 Å². The quantitative estimate of drug-likeness (QED) is 0.490. The van der Waals surface area contributed by atoms with Gasteiger partial charge in [0.1, 0.15) is 17.5 Å². The molecule has 1 aliphatic rings. The zero-order valence-corrected chi connectivity index (χ0v) is 13.2. The monoisotopic (exact) mass is 293 g/mol. The highest BCUT2D eigenvalue weighted by Gasteiger charge is 2.36. The molecule has 118 valence electrons. The maximum Gasteiger partial charge on any atom is 0.145 e. The van der Waals surface area contributed by atoms with E-state index in [1.807, 2.05) is 6.92 Å². The van der Waals surface area contributed by atoms with Crippen LogP contribution < -0.4 is 16.6 Å². The van der Waals surface area contributed by atoms with Crippen LogP contribution in [0.5, 0.6) is 0 Å². The van der Waals surface area contributed by atoms with E-state index in [4.69, 9.17) is 5.84 Å². The molecule has 1 heterocycles. The van der Waals surface area contributed by atoms with Gasteiger partial charge in [-0.15, -0.1) is 0 Å². The van der Waals surface area contributed by atoms with E-state index in [1.165, 1.54) is 0 Å². The van der Waals surface area contributed by atoms with Crippen LogP contribution in [0.4, 0.5) is 11.6 Å². The molecule has 6 nitrogen and oxygen atoms in total. The van der Waals surface area contributed by atoms with Crippen molar-refractivity contribution in [2.24, 2.45) is 11.3 Å². The van der Waals surface area contributed by atoms with Crippen molar-refractivity contribution < 1.29 is 5.11 Å². The van der Waals surface area contributed by atoms with Crippen molar-refractivity contribution in [2.45, 2.75) is 58.5 Å². The minimum absolute atomic E-state index is 0.340. The van der Waals surface area contributed by atoms with Crippen LogP contribution in [0.3, 0.4) is 0 Å². The first-order valence-corrected chi connectivity index (χ1v) is 7.67. The lowest BCUT2D eigenvalue weighted by atomic mass is 9.71. The molecule has 1 aromatic heterocycles. The van der Waals surface area contributed by atoms with Crippen molar-refractivity contribution in [1.82, 2.24) is 9.97 Å². The van der Waals surface area contributed by atoms with Crippen LogP contribution in [0.1, 0.15) is 52.3 Å². The van der Waals surface area contributed by atoms with Gasteiger partial charge in [-0.2, -0.15) is 0 Å². The minimum Gasteiger partial charge on any atom is -0.388 e. The molecule has 0 aromatic carbocycles. The molecule has 0 amide bonds. The Morgan fingerprint density at radius 1 is 1.19 bits per heavy atom.